The molecule has 1 saturated heterocycles. The van der Waals surface area contributed by atoms with Gasteiger partial charge in [-0.2, -0.15) is 0 Å². The number of esters is 1. The van der Waals surface area contributed by atoms with Gasteiger partial charge in [0.15, 0.2) is 0 Å². The van der Waals surface area contributed by atoms with Crippen LogP contribution in [0.5, 0.6) is 0 Å². The summed E-state index contributed by atoms with van der Waals surface area (Å²) in [5.74, 6) is -1.49. The van der Waals surface area contributed by atoms with Crippen LogP contribution in [-0.4, -0.2) is 40.0 Å². The smallest absolute Gasteiger partial charge is 0.338 e. The van der Waals surface area contributed by atoms with Crippen molar-refractivity contribution < 1.29 is 29.3 Å². The molecule has 2 fully saturated rings. The van der Waals surface area contributed by atoms with E-state index < -0.39 is 24.1 Å². The van der Waals surface area contributed by atoms with Crippen molar-refractivity contribution in [2.24, 2.45) is 35.5 Å². The molecule has 0 radical (unpaired) electrons. The second kappa shape index (κ2) is 7.14. The minimum absolute atomic E-state index is 0.000648. The zero-order valence-corrected chi connectivity index (χ0v) is 16.3. The van der Waals surface area contributed by atoms with E-state index in [1.54, 1.807) is 0 Å². The summed E-state index contributed by atoms with van der Waals surface area (Å²) < 4.78 is 5.50. The Morgan fingerprint density at radius 3 is 2.64 bits per heavy atom. The highest BCUT2D eigenvalue weighted by Crippen LogP contribution is 2.52. The van der Waals surface area contributed by atoms with Crippen molar-refractivity contribution in [3.63, 3.8) is 0 Å². The quantitative estimate of drug-likeness (QED) is 0.557. The molecule has 0 aromatic heterocycles. The Balaban J connectivity index is 1.84. The molecule has 1 saturated carbocycles. The summed E-state index contributed by atoms with van der Waals surface area (Å²) in [6, 6.07) is 0. The van der Waals surface area contributed by atoms with Gasteiger partial charge in [-0.1, -0.05) is 19.1 Å². The molecule has 6 nitrogen and oxygen atoms in total. The predicted molar refractivity (Wildman–Crippen MR) is 100 cm³/mol. The van der Waals surface area contributed by atoms with Gasteiger partial charge in [-0.05, 0) is 37.5 Å². The number of allylic oxidation sites excluding steroid dienone is 2. The van der Waals surface area contributed by atoms with Crippen molar-refractivity contribution in [3.05, 3.63) is 23.5 Å². The lowest BCUT2D eigenvalue weighted by molar-refractivity contribution is -0.150. The summed E-state index contributed by atoms with van der Waals surface area (Å²) in [5, 5.41) is 21.3. The van der Waals surface area contributed by atoms with Crippen LogP contribution < -0.4 is 0 Å². The highest BCUT2D eigenvalue weighted by molar-refractivity contribution is 5.92. The van der Waals surface area contributed by atoms with Gasteiger partial charge in [-0.15, -0.1) is 0 Å². The van der Waals surface area contributed by atoms with Crippen LogP contribution in [0.3, 0.4) is 0 Å². The summed E-state index contributed by atoms with van der Waals surface area (Å²) in [7, 11) is 0. The monoisotopic (exact) mass is 388 g/mol. The second-order valence-electron chi connectivity index (χ2n) is 9.08. The van der Waals surface area contributed by atoms with E-state index in [1.165, 1.54) is 6.92 Å². The van der Waals surface area contributed by atoms with Gasteiger partial charge >= 0.3 is 5.97 Å². The molecular formula is C22H28O6. The van der Waals surface area contributed by atoms with Gasteiger partial charge < -0.3 is 19.7 Å². The van der Waals surface area contributed by atoms with E-state index in [0.29, 0.717) is 12.8 Å². The number of fused-ring (bicyclic) bond motifs is 5. The molecule has 8 unspecified atom stereocenters. The molecule has 0 aromatic rings. The van der Waals surface area contributed by atoms with E-state index in [1.807, 2.05) is 19.1 Å². The van der Waals surface area contributed by atoms with Gasteiger partial charge in [0.2, 0.25) is 0 Å². The highest BCUT2D eigenvalue weighted by atomic mass is 16.5. The maximum Gasteiger partial charge on any atom is 0.338 e. The molecule has 3 aliphatic carbocycles. The van der Waals surface area contributed by atoms with Crippen LogP contribution in [-0.2, 0) is 19.1 Å². The highest BCUT2D eigenvalue weighted by Gasteiger charge is 2.52. The first kappa shape index (κ1) is 19.4. The van der Waals surface area contributed by atoms with Crippen molar-refractivity contribution in [2.75, 3.05) is 0 Å². The molecule has 5 aliphatic rings. The van der Waals surface area contributed by atoms with Crippen LogP contribution in [0.15, 0.2) is 23.5 Å². The molecule has 2 bridgehead atoms. The van der Waals surface area contributed by atoms with Crippen LogP contribution in [0.25, 0.3) is 0 Å². The van der Waals surface area contributed by atoms with Gasteiger partial charge in [-0.3, -0.25) is 4.79 Å². The fourth-order valence-electron chi connectivity index (χ4n) is 6.04. The van der Waals surface area contributed by atoms with Crippen LogP contribution in [0, 0.1) is 35.5 Å². The zero-order chi connectivity index (χ0) is 20.2. The molecule has 2 heterocycles. The standard InChI is InChI=1S/C22H28O6/c1-10-5-16-15(21(10)26)4-3-12-7-13(24)8-14-9-18(25)20(22(27)28-14)17(19(12)16)6-11(2)23/h3-4,10,12-17,19,24-25H,5-9H2,1-2H3. The van der Waals surface area contributed by atoms with E-state index in [-0.39, 0.29) is 71.8 Å². The lowest BCUT2D eigenvalue weighted by atomic mass is 9.61. The predicted octanol–water partition coefficient (Wildman–Crippen LogP) is 2.51. The van der Waals surface area contributed by atoms with Gasteiger partial charge in [0.25, 0.3) is 0 Å². The number of hydrogen-bond acceptors (Lipinski definition) is 6. The summed E-state index contributed by atoms with van der Waals surface area (Å²) in [6.07, 6.45) is 4.51. The molecular weight excluding hydrogens is 360 g/mol. The molecule has 5 rings (SSSR count). The average molecular weight is 388 g/mol. The Labute approximate surface area is 164 Å². The topological polar surface area (TPSA) is 101 Å². The number of carbonyl (C=O) groups excluding carboxylic acids is 3. The lowest BCUT2D eigenvalue weighted by Crippen LogP contribution is -2.44. The average Bonchev–Trinajstić information content (AvgIpc) is 2.87. The number of ether oxygens (including phenoxy) is 1. The van der Waals surface area contributed by atoms with Crippen LogP contribution in [0.4, 0.5) is 0 Å². The SMILES string of the molecule is CC(=O)CC1C2=C(O)CC(CC(O)CC3C=CC4C(=O)C(C)CC4C31)OC2=O. The fourth-order valence-corrected chi connectivity index (χ4v) is 6.04. The van der Waals surface area contributed by atoms with Crippen molar-refractivity contribution >= 4 is 17.5 Å². The number of carbonyl (C=O) groups is 3. The Bertz CT molecular complexity index is 765. The van der Waals surface area contributed by atoms with Crippen molar-refractivity contribution in [1.29, 1.82) is 0 Å². The Morgan fingerprint density at radius 2 is 1.96 bits per heavy atom. The van der Waals surface area contributed by atoms with Crippen LogP contribution in [0.2, 0.25) is 0 Å². The lowest BCUT2D eigenvalue weighted by Gasteiger charge is -2.44. The van der Waals surface area contributed by atoms with Gasteiger partial charge in [-0.25, -0.2) is 4.79 Å². The molecule has 6 heteroatoms. The van der Waals surface area contributed by atoms with Gasteiger partial charge in [0.05, 0.1) is 11.7 Å². The fraction of sp³-hybridized carbons (Fsp3) is 0.682. The summed E-state index contributed by atoms with van der Waals surface area (Å²) in [6.45, 7) is 3.41. The molecule has 152 valence electrons. The van der Waals surface area contributed by atoms with Crippen LogP contribution in [0.1, 0.15) is 46.0 Å². The number of rotatable bonds is 2. The molecule has 8 atom stereocenters. The molecule has 2 aliphatic heterocycles. The van der Waals surface area contributed by atoms with Crippen molar-refractivity contribution in [2.45, 2.75) is 58.2 Å². The normalized spacial score (nSPS) is 42.8. The number of ketones is 2. The molecule has 2 N–H and O–H groups in total. The Hall–Kier alpha value is -1.95. The second-order valence-corrected chi connectivity index (χ2v) is 9.08. The molecule has 0 spiro atoms. The zero-order valence-electron chi connectivity index (χ0n) is 16.3. The maximum atomic E-state index is 12.8. The van der Waals surface area contributed by atoms with Gasteiger partial charge in [0.1, 0.15) is 23.4 Å². The minimum Gasteiger partial charge on any atom is -0.512 e. The van der Waals surface area contributed by atoms with E-state index in [4.69, 9.17) is 4.74 Å². The van der Waals surface area contributed by atoms with Gasteiger partial charge in [0, 0.05) is 37.0 Å². The molecule has 0 amide bonds. The number of aliphatic hydroxyl groups excluding tert-OH is 2. The molecule has 28 heavy (non-hydrogen) atoms. The Kier molecular flexibility index (Phi) is 4.94. The Morgan fingerprint density at radius 1 is 1.21 bits per heavy atom. The van der Waals surface area contributed by atoms with E-state index in [2.05, 4.69) is 0 Å². The summed E-state index contributed by atoms with van der Waals surface area (Å²) in [4.78, 5) is 37.6. The van der Waals surface area contributed by atoms with E-state index in [9.17, 15) is 24.6 Å². The third kappa shape index (κ3) is 3.21. The first-order chi connectivity index (χ1) is 13.3. The van der Waals surface area contributed by atoms with Crippen molar-refractivity contribution in [1.82, 2.24) is 0 Å². The maximum absolute atomic E-state index is 12.8. The third-order valence-corrected chi connectivity index (χ3v) is 7.10. The number of aliphatic hydroxyl groups is 2. The van der Waals surface area contributed by atoms with Crippen LogP contribution >= 0.6 is 0 Å². The van der Waals surface area contributed by atoms with E-state index in [0.717, 1.165) is 0 Å². The van der Waals surface area contributed by atoms with E-state index >= 15 is 0 Å². The first-order valence-corrected chi connectivity index (χ1v) is 10.3. The summed E-state index contributed by atoms with van der Waals surface area (Å²) in [5.41, 5.74) is 0.207. The third-order valence-electron chi connectivity index (χ3n) is 7.10. The minimum atomic E-state index is -0.675. The summed E-state index contributed by atoms with van der Waals surface area (Å²) >= 11 is 0. The van der Waals surface area contributed by atoms with Crippen molar-refractivity contribution in [3.8, 4) is 0 Å². The first-order valence-electron chi connectivity index (χ1n) is 10.3. The largest absolute Gasteiger partial charge is 0.512 e. The number of Topliss-reactive ketones (excluding diaryl/α,β-unsaturated/α-hetero) is 2. The molecule has 0 aromatic carbocycles. The number of hydrogen-bond donors (Lipinski definition) is 2.